The molecule has 1 N–H and O–H groups in total. The van der Waals surface area contributed by atoms with Gasteiger partial charge in [0.15, 0.2) is 0 Å². The number of hydrogen-bond acceptors (Lipinski definition) is 4. The predicted molar refractivity (Wildman–Crippen MR) is 62.2 cm³/mol. The average molecular weight is 236 g/mol. The minimum atomic E-state index is -0.611. The highest BCUT2D eigenvalue weighted by molar-refractivity contribution is 5.87. The van der Waals surface area contributed by atoms with E-state index in [1.165, 1.54) is 0 Å². The summed E-state index contributed by atoms with van der Waals surface area (Å²) in [6.45, 7) is 2.15. The number of carbonyl (C=O) groups excluding carboxylic acids is 1. The van der Waals surface area contributed by atoms with Gasteiger partial charge in [-0.1, -0.05) is 0 Å². The van der Waals surface area contributed by atoms with E-state index in [0.29, 0.717) is 12.4 Å². The van der Waals surface area contributed by atoms with Gasteiger partial charge in [-0.05, 0) is 38.0 Å². The molecule has 0 unspecified atom stereocenters. The number of hydrogen-bond donors (Lipinski definition) is 1. The van der Waals surface area contributed by atoms with Gasteiger partial charge in [0.05, 0.1) is 19.1 Å². The topological polar surface area (TPSA) is 55.8 Å². The first kappa shape index (κ1) is 11.8. The number of aromatic hydroxyl groups is 1. The van der Waals surface area contributed by atoms with E-state index in [9.17, 15) is 9.90 Å². The smallest absolute Gasteiger partial charge is 0.316 e. The molecule has 1 aromatic carbocycles. The Bertz CT molecular complexity index is 435. The summed E-state index contributed by atoms with van der Waals surface area (Å²) in [6, 6.07) is 4.80. The zero-order valence-corrected chi connectivity index (χ0v) is 10.0. The number of ether oxygens (including phenoxy) is 2. The molecule has 0 aliphatic heterocycles. The number of phenols is 1. The van der Waals surface area contributed by atoms with Gasteiger partial charge in [-0.3, -0.25) is 4.79 Å². The molecule has 17 heavy (non-hydrogen) atoms. The van der Waals surface area contributed by atoms with E-state index < -0.39 is 5.41 Å². The van der Waals surface area contributed by atoms with Crippen LogP contribution in [0.25, 0.3) is 0 Å². The van der Waals surface area contributed by atoms with Crippen LogP contribution >= 0.6 is 0 Å². The zero-order chi connectivity index (χ0) is 12.5. The molecule has 2 rings (SSSR count). The number of rotatable bonds is 4. The highest BCUT2D eigenvalue weighted by atomic mass is 16.5. The summed E-state index contributed by atoms with van der Waals surface area (Å²) in [5.41, 5.74) is 0.110. The lowest BCUT2D eigenvalue weighted by atomic mass is 9.95. The molecule has 1 aromatic rings. The Kier molecular flexibility index (Phi) is 2.96. The SMILES string of the molecule is CCOC(=O)C1(c2cc(O)ccc2OC)CC1. The highest BCUT2D eigenvalue weighted by Crippen LogP contribution is 2.52. The summed E-state index contributed by atoms with van der Waals surface area (Å²) in [7, 11) is 1.55. The number of esters is 1. The van der Waals surface area contributed by atoms with Gasteiger partial charge in [0.25, 0.3) is 0 Å². The molecule has 1 aliphatic rings. The lowest BCUT2D eigenvalue weighted by molar-refractivity contribution is -0.146. The third kappa shape index (κ3) is 1.95. The fraction of sp³-hybridized carbons (Fsp3) is 0.462. The van der Waals surface area contributed by atoms with Crippen LogP contribution in [0.5, 0.6) is 11.5 Å². The van der Waals surface area contributed by atoms with Gasteiger partial charge < -0.3 is 14.6 Å². The van der Waals surface area contributed by atoms with Gasteiger partial charge in [0.2, 0.25) is 0 Å². The van der Waals surface area contributed by atoms with Crippen LogP contribution in [0.4, 0.5) is 0 Å². The van der Waals surface area contributed by atoms with Crippen LogP contribution < -0.4 is 4.74 Å². The Morgan fingerprint density at radius 1 is 1.47 bits per heavy atom. The van der Waals surface area contributed by atoms with Gasteiger partial charge in [0.1, 0.15) is 11.5 Å². The Morgan fingerprint density at radius 2 is 2.18 bits per heavy atom. The first-order valence-electron chi connectivity index (χ1n) is 5.69. The second-order valence-corrected chi connectivity index (χ2v) is 4.19. The number of phenolic OH excluding ortho intramolecular Hbond substituents is 1. The number of carbonyl (C=O) groups is 1. The molecule has 4 nitrogen and oxygen atoms in total. The molecule has 0 aromatic heterocycles. The van der Waals surface area contributed by atoms with Gasteiger partial charge in [0, 0.05) is 5.56 Å². The largest absolute Gasteiger partial charge is 0.508 e. The molecule has 1 saturated carbocycles. The van der Waals surface area contributed by atoms with Gasteiger partial charge in [-0.2, -0.15) is 0 Å². The van der Waals surface area contributed by atoms with Crippen molar-refractivity contribution >= 4 is 5.97 Å². The van der Waals surface area contributed by atoms with Crippen molar-refractivity contribution in [2.75, 3.05) is 13.7 Å². The third-order valence-corrected chi connectivity index (χ3v) is 3.11. The van der Waals surface area contributed by atoms with Crippen LogP contribution in [0.2, 0.25) is 0 Å². The number of methoxy groups -OCH3 is 1. The first-order valence-corrected chi connectivity index (χ1v) is 5.69. The monoisotopic (exact) mass is 236 g/mol. The van der Waals surface area contributed by atoms with Crippen molar-refractivity contribution in [2.24, 2.45) is 0 Å². The van der Waals surface area contributed by atoms with Crippen molar-refractivity contribution in [3.8, 4) is 11.5 Å². The van der Waals surface area contributed by atoms with E-state index in [-0.39, 0.29) is 11.7 Å². The van der Waals surface area contributed by atoms with E-state index in [1.54, 1.807) is 32.2 Å². The van der Waals surface area contributed by atoms with E-state index in [0.717, 1.165) is 18.4 Å². The maximum absolute atomic E-state index is 11.9. The lowest BCUT2D eigenvalue weighted by Crippen LogP contribution is -2.23. The van der Waals surface area contributed by atoms with Gasteiger partial charge in [-0.15, -0.1) is 0 Å². The van der Waals surface area contributed by atoms with Crippen molar-refractivity contribution < 1.29 is 19.4 Å². The Hall–Kier alpha value is -1.71. The summed E-state index contributed by atoms with van der Waals surface area (Å²) < 4.78 is 10.3. The predicted octanol–water partition coefficient (Wildman–Crippen LogP) is 2.00. The van der Waals surface area contributed by atoms with Crippen molar-refractivity contribution in [1.82, 2.24) is 0 Å². The minimum absolute atomic E-state index is 0.136. The van der Waals surface area contributed by atoms with Crippen molar-refractivity contribution in [1.29, 1.82) is 0 Å². The van der Waals surface area contributed by atoms with Crippen LogP contribution in [0.1, 0.15) is 25.3 Å². The molecule has 0 atom stereocenters. The number of benzene rings is 1. The molecule has 0 amide bonds. The van der Waals surface area contributed by atoms with Gasteiger partial charge >= 0.3 is 5.97 Å². The van der Waals surface area contributed by atoms with Crippen LogP contribution in [0, 0.1) is 0 Å². The molecule has 4 heteroatoms. The summed E-state index contributed by atoms with van der Waals surface area (Å²) in [4.78, 5) is 11.9. The summed E-state index contributed by atoms with van der Waals surface area (Å²) in [5.74, 6) is 0.522. The molecular weight excluding hydrogens is 220 g/mol. The van der Waals surface area contributed by atoms with Crippen LogP contribution in [0.3, 0.4) is 0 Å². The summed E-state index contributed by atoms with van der Waals surface area (Å²) >= 11 is 0. The molecule has 0 saturated heterocycles. The fourth-order valence-corrected chi connectivity index (χ4v) is 2.05. The standard InChI is InChI=1S/C13H16O4/c1-3-17-12(15)13(6-7-13)10-8-9(14)4-5-11(10)16-2/h4-5,8,14H,3,6-7H2,1-2H3. The molecule has 0 bridgehead atoms. The lowest BCUT2D eigenvalue weighted by Gasteiger charge is -2.17. The zero-order valence-electron chi connectivity index (χ0n) is 10.0. The van der Waals surface area contributed by atoms with E-state index in [2.05, 4.69) is 0 Å². The molecule has 0 radical (unpaired) electrons. The quantitative estimate of drug-likeness (QED) is 0.812. The Labute approximate surface area is 100 Å². The summed E-state index contributed by atoms with van der Waals surface area (Å²) in [6.07, 6.45) is 1.48. The van der Waals surface area contributed by atoms with E-state index >= 15 is 0 Å². The average Bonchev–Trinajstić information content (AvgIpc) is 3.10. The van der Waals surface area contributed by atoms with Crippen LogP contribution in [0.15, 0.2) is 18.2 Å². The molecule has 1 fully saturated rings. The minimum Gasteiger partial charge on any atom is -0.508 e. The van der Waals surface area contributed by atoms with Crippen molar-refractivity contribution in [2.45, 2.75) is 25.2 Å². The second kappa shape index (κ2) is 4.28. The van der Waals surface area contributed by atoms with Crippen LogP contribution in [-0.4, -0.2) is 24.8 Å². The van der Waals surface area contributed by atoms with Crippen molar-refractivity contribution in [3.05, 3.63) is 23.8 Å². The summed E-state index contributed by atoms with van der Waals surface area (Å²) in [5, 5.41) is 9.53. The third-order valence-electron chi connectivity index (χ3n) is 3.11. The fourth-order valence-electron chi connectivity index (χ4n) is 2.05. The van der Waals surface area contributed by atoms with E-state index in [1.807, 2.05) is 0 Å². The Balaban J connectivity index is 2.39. The normalized spacial score (nSPS) is 16.4. The molecule has 0 spiro atoms. The van der Waals surface area contributed by atoms with E-state index in [4.69, 9.17) is 9.47 Å². The van der Waals surface area contributed by atoms with Gasteiger partial charge in [-0.25, -0.2) is 0 Å². The maximum Gasteiger partial charge on any atom is 0.316 e. The molecule has 0 heterocycles. The van der Waals surface area contributed by atoms with Crippen LogP contribution in [-0.2, 0) is 14.9 Å². The maximum atomic E-state index is 11.9. The molecule has 1 aliphatic carbocycles. The molecular formula is C13H16O4. The van der Waals surface area contributed by atoms with Crippen molar-refractivity contribution in [3.63, 3.8) is 0 Å². The second-order valence-electron chi connectivity index (χ2n) is 4.19. The highest BCUT2D eigenvalue weighted by Gasteiger charge is 2.54. The Morgan fingerprint density at radius 3 is 2.71 bits per heavy atom. The molecule has 92 valence electrons. The first-order chi connectivity index (χ1) is 8.14.